The van der Waals surface area contributed by atoms with Gasteiger partial charge in [0.2, 0.25) is 9.84 Å². The molecule has 3 aromatic rings. The van der Waals surface area contributed by atoms with Gasteiger partial charge in [-0.05, 0) is 36.8 Å². The number of carbonyl (C=O) groups is 1. The molecule has 0 aliphatic heterocycles. The lowest BCUT2D eigenvalue weighted by Crippen LogP contribution is -2.05. The molecule has 0 aliphatic rings. The van der Waals surface area contributed by atoms with Crippen molar-refractivity contribution in [3.05, 3.63) is 66.0 Å². The van der Waals surface area contributed by atoms with Crippen molar-refractivity contribution in [1.82, 2.24) is 4.40 Å². The molecule has 0 atom stereocenters. The summed E-state index contributed by atoms with van der Waals surface area (Å²) in [6.45, 7) is 1.65. The van der Waals surface area contributed by atoms with Crippen molar-refractivity contribution in [2.45, 2.75) is 23.1 Å². The summed E-state index contributed by atoms with van der Waals surface area (Å²) in [7, 11) is -3.72. The van der Waals surface area contributed by atoms with E-state index in [1.165, 1.54) is 12.1 Å². The highest BCUT2D eigenvalue weighted by Crippen LogP contribution is 2.32. The SMILES string of the molecule is Cc1c(S(=O)(=O)c2ccccc2)c2ccccn2c1CC(=O)O. The molecule has 2 heterocycles. The van der Waals surface area contributed by atoms with Crippen molar-refractivity contribution in [2.75, 3.05) is 0 Å². The third kappa shape index (κ3) is 2.51. The molecule has 0 radical (unpaired) electrons. The van der Waals surface area contributed by atoms with Crippen molar-refractivity contribution in [3.63, 3.8) is 0 Å². The number of hydrogen-bond acceptors (Lipinski definition) is 3. The molecule has 0 spiro atoms. The van der Waals surface area contributed by atoms with Gasteiger partial charge in [-0.15, -0.1) is 0 Å². The summed E-state index contributed by atoms with van der Waals surface area (Å²) in [5.74, 6) is -1.000. The van der Waals surface area contributed by atoms with Crippen molar-refractivity contribution >= 4 is 21.3 Å². The fourth-order valence-electron chi connectivity index (χ4n) is 2.79. The Labute approximate surface area is 133 Å². The normalized spacial score (nSPS) is 11.7. The molecule has 1 aromatic carbocycles. The van der Waals surface area contributed by atoms with Gasteiger partial charge in [-0.2, -0.15) is 0 Å². The zero-order chi connectivity index (χ0) is 16.6. The smallest absolute Gasteiger partial charge is 0.309 e. The largest absolute Gasteiger partial charge is 0.481 e. The lowest BCUT2D eigenvalue weighted by atomic mass is 10.2. The second kappa shape index (κ2) is 5.55. The van der Waals surface area contributed by atoms with Crippen LogP contribution in [0.15, 0.2) is 64.5 Å². The minimum Gasteiger partial charge on any atom is -0.481 e. The Hall–Kier alpha value is -2.60. The number of sulfone groups is 1. The summed E-state index contributed by atoms with van der Waals surface area (Å²) in [5.41, 5.74) is 1.44. The molecule has 0 saturated heterocycles. The van der Waals surface area contributed by atoms with Crippen LogP contribution in [-0.2, 0) is 21.1 Å². The van der Waals surface area contributed by atoms with E-state index in [1.54, 1.807) is 53.9 Å². The molecule has 0 fully saturated rings. The van der Waals surface area contributed by atoms with Gasteiger partial charge in [0.05, 0.1) is 16.8 Å². The van der Waals surface area contributed by atoms with Gasteiger partial charge in [0.25, 0.3) is 0 Å². The van der Waals surface area contributed by atoms with Gasteiger partial charge < -0.3 is 9.51 Å². The van der Waals surface area contributed by atoms with Crippen molar-refractivity contribution in [1.29, 1.82) is 0 Å². The van der Waals surface area contributed by atoms with E-state index in [0.29, 0.717) is 16.8 Å². The van der Waals surface area contributed by atoms with E-state index in [-0.39, 0.29) is 16.2 Å². The Morgan fingerprint density at radius 3 is 2.39 bits per heavy atom. The topological polar surface area (TPSA) is 75.8 Å². The highest BCUT2D eigenvalue weighted by molar-refractivity contribution is 7.91. The number of hydrogen-bond donors (Lipinski definition) is 1. The molecular formula is C17H15NO4S. The number of carboxylic acids is 1. The molecule has 0 saturated carbocycles. The summed E-state index contributed by atoms with van der Waals surface area (Å²) < 4.78 is 27.7. The van der Waals surface area contributed by atoms with E-state index in [0.717, 1.165) is 0 Å². The number of aromatic nitrogens is 1. The van der Waals surface area contributed by atoms with Crippen molar-refractivity contribution in [3.8, 4) is 0 Å². The number of rotatable bonds is 4. The minimum atomic E-state index is -3.72. The molecule has 3 rings (SSSR count). The molecule has 0 aliphatic carbocycles. The predicted molar refractivity (Wildman–Crippen MR) is 85.4 cm³/mol. The maximum absolute atomic E-state index is 13.0. The summed E-state index contributed by atoms with van der Waals surface area (Å²) in [4.78, 5) is 11.5. The molecule has 0 unspecified atom stereocenters. The summed E-state index contributed by atoms with van der Waals surface area (Å²) in [6, 6.07) is 13.3. The number of nitrogens with zero attached hydrogens (tertiary/aromatic N) is 1. The van der Waals surface area contributed by atoms with Gasteiger partial charge in [-0.1, -0.05) is 24.3 Å². The summed E-state index contributed by atoms with van der Waals surface area (Å²) in [5, 5.41) is 9.12. The second-order valence-corrected chi connectivity index (χ2v) is 7.13. The molecule has 2 aromatic heterocycles. The Morgan fingerprint density at radius 2 is 1.74 bits per heavy atom. The monoisotopic (exact) mass is 329 g/mol. The number of aliphatic carboxylic acids is 1. The molecule has 118 valence electrons. The van der Waals surface area contributed by atoms with E-state index >= 15 is 0 Å². The third-order valence-electron chi connectivity index (χ3n) is 3.80. The lowest BCUT2D eigenvalue weighted by molar-refractivity contribution is -0.136. The van der Waals surface area contributed by atoms with Gasteiger partial charge >= 0.3 is 5.97 Å². The van der Waals surface area contributed by atoms with E-state index in [4.69, 9.17) is 5.11 Å². The maximum atomic E-state index is 13.0. The molecule has 0 amide bonds. The van der Waals surface area contributed by atoms with Gasteiger partial charge in [0.15, 0.2) is 0 Å². The molecule has 1 N–H and O–H groups in total. The zero-order valence-corrected chi connectivity index (χ0v) is 13.2. The lowest BCUT2D eigenvalue weighted by Gasteiger charge is -2.05. The van der Waals surface area contributed by atoms with Gasteiger partial charge in [-0.3, -0.25) is 4.79 Å². The second-order valence-electron chi connectivity index (χ2n) is 5.24. The van der Waals surface area contributed by atoms with E-state index < -0.39 is 15.8 Å². The van der Waals surface area contributed by atoms with Crippen LogP contribution in [0.3, 0.4) is 0 Å². The molecular weight excluding hydrogens is 314 g/mol. The van der Waals surface area contributed by atoms with Gasteiger partial charge in [-0.25, -0.2) is 8.42 Å². The average molecular weight is 329 g/mol. The first-order valence-electron chi connectivity index (χ1n) is 7.03. The van der Waals surface area contributed by atoms with Crippen LogP contribution in [0.4, 0.5) is 0 Å². The Balaban J connectivity index is 2.35. The highest BCUT2D eigenvalue weighted by atomic mass is 32.2. The fourth-order valence-corrected chi connectivity index (χ4v) is 4.50. The van der Waals surface area contributed by atoms with Crippen LogP contribution in [0.2, 0.25) is 0 Å². The quantitative estimate of drug-likeness (QED) is 0.798. The maximum Gasteiger partial charge on any atom is 0.309 e. The molecule has 0 bridgehead atoms. The fraction of sp³-hybridized carbons (Fsp3) is 0.118. The van der Waals surface area contributed by atoms with Crippen LogP contribution in [0.25, 0.3) is 5.52 Å². The van der Waals surface area contributed by atoms with Crippen molar-refractivity contribution < 1.29 is 18.3 Å². The van der Waals surface area contributed by atoms with Crippen LogP contribution in [-0.4, -0.2) is 23.9 Å². The van der Waals surface area contributed by atoms with Gasteiger partial charge in [0, 0.05) is 11.9 Å². The number of fused-ring (bicyclic) bond motifs is 1. The van der Waals surface area contributed by atoms with Gasteiger partial charge in [0.1, 0.15) is 4.90 Å². The average Bonchev–Trinajstić information content (AvgIpc) is 2.81. The highest BCUT2D eigenvalue weighted by Gasteiger charge is 2.27. The van der Waals surface area contributed by atoms with Crippen LogP contribution in [0, 0.1) is 6.92 Å². The first-order valence-corrected chi connectivity index (χ1v) is 8.51. The van der Waals surface area contributed by atoms with Crippen LogP contribution >= 0.6 is 0 Å². The Morgan fingerprint density at radius 1 is 1.09 bits per heavy atom. The molecule has 5 nitrogen and oxygen atoms in total. The molecule has 23 heavy (non-hydrogen) atoms. The number of carboxylic acid groups (broad SMARTS) is 1. The zero-order valence-electron chi connectivity index (χ0n) is 12.4. The number of pyridine rings is 1. The standard InChI is InChI=1S/C17H15NO4S/c1-12-15(11-16(19)20)18-10-6-5-9-14(18)17(12)23(21,22)13-7-3-2-4-8-13/h2-10H,11H2,1H3,(H,19,20). The number of benzene rings is 1. The van der Waals surface area contributed by atoms with E-state index in [2.05, 4.69) is 0 Å². The van der Waals surface area contributed by atoms with Crippen LogP contribution < -0.4 is 0 Å². The van der Waals surface area contributed by atoms with E-state index in [1.807, 2.05) is 0 Å². The molecule has 6 heteroatoms. The summed E-state index contributed by atoms with van der Waals surface area (Å²) in [6.07, 6.45) is 1.45. The minimum absolute atomic E-state index is 0.167. The van der Waals surface area contributed by atoms with Crippen molar-refractivity contribution in [2.24, 2.45) is 0 Å². The van der Waals surface area contributed by atoms with Crippen LogP contribution in [0.1, 0.15) is 11.3 Å². The first kappa shape index (κ1) is 15.3. The predicted octanol–water partition coefficient (Wildman–Crippen LogP) is 2.71. The van der Waals surface area contributed by atoms with Crippen LogP contribution in [0.5, 0.6) is 0 Å². The Kier molecular flexibility index (Phi) is 3.69. The third-order valence-corrected chi connectivity index (χ3v) is 5.74. The Bertz CT molecular complexity index is 988. The summed E-state index contributed by atoms with van der Waals surface area (Å²) >= 11 is 0. The van der Waals surface area contributed by atoms with E-state index in [9.17, 15) is 13.2 Å². The first-order chi connectivity index (χ1) is 10.9.